The topological polar surface area (TPSA) is 59.2 Å². The molecule has 5 nitrogen and oxygen atoms in total. The number of rotatable bonds is 2. The number of likely N-dealkylation sites (tertiary alicyclic amines) is 1. The van der Waals surface area contributed by atoms with Crippen LogP contribution in [0.4, 0.5) is 0 Å². The summed E-state index contributed by atoms with van der Waals surface area (Å²) in [7, 11) is 0. The summed E-state index contributed by atoms with van der Waals surface area (Å²) < 4.78 is 5.22. The molecule has 1 aliphatic rings. The second kappa shape index (κ2) is 5.45. The van der Waals surface area contributed by atoms with Crippen LogP contribution in [-0.2, 0) is 0 Å². The molecular weight excluding hydrogens is 254 g/mol. The maximum atomic E-state index is 12.3. The minimum Gasteiger partial charge on any atom is -0.339 e. The van der Waals surface area contributed by atoms with Gasteiger partial charge in [-0.15, -0.1) is 0 Å². The van der Waals surface area contributed by atoms with Gasteiger partial charge in [-0.3, -0.25) is 4.79 Å². The second-order valence-electron chi connectivity index (χ2n) is 5.11. The molecule has 0 spiro atoms. The number of carbonyl (C=O) groups excluding carboxylic acids is 1. The molecule has 104 valence electrons. The van der Waals surface area contributed by atoms with Crippen molar-refractivity contribution >= 4 is 5.91 Å². The van der Waals surface area contributed by atoms with E-state index in [4.69, 9.17) is 4.52 Å². The van der Waals surface area contributed by atoms with Crippen molar-refractivity contribution in [2.24, 2.45) is 0 Å². The number of hydrogen-bond acceptors (Lipinski definition) is 4. The highest BCUT2D eigenvalue weighted by atomic mass is 16.5. The highest BCUT2D eigenvalue weighted by molar-refractivity contribution is 5.94. The predicted octanol–water partition coefficient (Wildman–Crippen LogP) is 2.40. The van der Waals surface area contributed by atoms with Crippen LogP contribution in [-0.4, -0.2) is 34.0 Å². The largest absolute Gasteiger partial charge is 0.339 e. The van der Waals surface area contributed by atoms with Crippen molar-refractivity contribution in [2.45, 2.75) is 25.7 Å². The SMILES string of the molecule is Cc1noc(C2CCN(C(=O)c3ccccc3)CC2)n1. The van der Waals surface area contributed by atoms with E-state index in [1.54, 1.807) is 0 Å². The van der Waals surface area contributed by atoms with Gasteiger partial charge in [-0.25, -0.2) is 0 Å². The molecule has 5 heteroatoms. The van der Waals surface area contributed by atoms with E-state index >= 15 is 0 Å². The minimum absolute atomic E-state index is 0.103. The van der Waals surface area contributed by atoms with E-state index in [9.17, 15) is 4.79 Å². The zero-order valence-corrected chi connectivity index (χ0v) is 11.5. The molecule has 1 aromatic carbocycles. The van der Waals surface area contributed by atoms with Crippen LogP contribution < -0.4 is 0 Å². The molecule has 20 heavy (non-hydrogen) atoms. The summed E-state index contributed by atoms with van der Waals surface area (Å²) in [4.78, 5) is 18.5. The van der Waals surface area contributed by atoms with Gasteiger partial charge in [-0.05, 0) is 31.9 Å². The Morgan fingerprint density at radius 2 is 1.95 bits per heavy atom. The molecule has 1 fully saturated rings. The Hall–Kier alpha value is -2.17. The molecule has 2 aromatic rings. The summed E-state index contributed by atoms with van der Waals surface area (Å²) in [6, 6.07) is 9.41. The first kappa shape index (κ1) is 12.8. The lowest BCUT2D eigenvalue weighted by atomic mass is 9.96. The zero-order chi connectivity index (χ0) is 13.9. The van der Waals surface area contributed by atoms with Crippen LogP contribution in [0, 0.1) is 6.92 Å². The fraction of sp³-hybridized carbons (Fsp3) is 0.400. The third kappa shape index (κ3) is 2.57. The van der Waals surface area contributed by atoms with Gasteiger partial charge in [0.05, 0.1) is 0 Å². The fourth-order valence-corrected chi connectivity index (χ4v) is 2.57. The lowest BCUT2D eigenvalue weighted by Crippen LogP contribution is -2.37. The van der Waals surface area contributed by atoms with E-state index in [-0.39, 0.29) is 11.8 Å². The predicted molar refractivity (Wildman–Crippen MR) is 73.4 cm³/mol. The minimum atomic E-state index is 0.103. The second-order valence-corrected chi connectivity index (χ2v) is 5.11. The Morgan fingerprint density at radius 3 is 2.55 bits per heavy atom. The molecule has 0 bridgehead atoms. The van der Waals surface area contributed by atoms with Gasteiger partial charge >= 0.3 is 0 Å². The molecule has 1 aromatic heterocycles. The van der Waals surface area contributed by atoms with Gasteiger partial charge in [0.15, 0.2) is 5.82 Å². The van der Waals surface area contributed by atoms with E-state index in [2.05, 4.69) is 10.1 Å². The Labute approximate surface area is 117 Å². The molecular formula is C15H17N3O2. The first-order valence-corrected chi connectivity index (χ1v) is 6.88. The van der Waals surface area contributed by atoms with Gasteiger partial charge in [-0.1, -0.05) is 23.4 Å². The number of benzene rings is 1. The van der Waals surface area contributed by atoms with Gasteiger partial charge in [0.1, 0.15) is 0 Å². The van der Waals surface area contributed by atoms with E-state index in [1.165, 1.54) is 0 Å². The monoisotopic (exact) mass is 271 g/mol. The molecule has 0 N–H and O–H groups in total. The quantitative estimate of drug-likeness (QED) is 0.841. The van der Waals surface area contributed by atoms with Crippen molar-refractivity contribution in [1.29, 1.82) is 0 Å². The first-order chi connectivity index (χ1) is 9.74. The summed E-state index contributed by atoms with van der Waals surface area (Å²) in [5, 5.41) is 3.83. The van der Waals surface area contributed by atoms with Crippen LogP contribution >= 0.6 is 0 Å². The van der Waals surface area contributed by atoms with Crippen LogP contribution in [0.15, 0.2) is 34.9 Å². The van der Waals surface area contributed by atoms with Gasteiger partial charge in [0.2, 0.25) is 5.89 Å². The van der Waals surface area contributed by atoms with Crippen LogP contribution in [0.2, 0.25) is 0 Å². The van der Waals surface area contributed by atoms with Crippen LogP contribution in [0.5, 0.6) is 0 Å². The van der Waals surface area contributed by atoms with Crippen molar-refractivity contribution in [3.8, 4) is 0 Å². The average molecular weight is 271 g/mol. The standard InChI is InChI=1S/C15H17N3O2/c1-11-16-14(20-17-11)12-7-9-18(10-8-12)15(19)13-5-3-2-4-6-13/h2-6,12H,7-10H2,1H3. The highest BCUT2D eigenvalue weighted by Gasteiger charge is 2.27. The Balaban J connectivity index is 1.63. The highest BCUT2D eigenvalue weighted by Crippen LogP contribution is 2.27. The number of aryl methyl sites for hydroxylation is 1. The van der Waals surface area contributed by atoms with E-state index < -0.39 is 0 Å². The number of nitrogens with zero attached hydrogens (tertiary/aromatic N) is 3. The van der Waals surface area contributed by atoms with Crippen molar-refractivity contribution in [1.82, 2.24) is 15.0 Å². The number of amides is 1. The Morgan fingerprint density at radius 1 is 1.25 bits per heavy atom. The van der Waals surface area contributed by atoms with Gasteiger partial charge in [0.25, 0.3) is 5.91 Å². The summed E-state index contributed by atoms with van der Waals surface area (Å²) in [5.41, 5.74) is 0.750. The summed E-state index contributed by atoms with van der Waals surface area (Å²) in [5.74, 6) is 1.75. The maximum Gasteiger partial charge on any atom is 0.253 e. The van der Waals surface area contributed by atoms with Crippen LogP contribution in [0.1, 0.15) is 40.8 Å². The smallest absolute Gasteiger partial charge is 0.253 e. The Bertz CT molecular complexity index is 586. The Kier molecular flexibility index (Phi) is 3.50. The average Bonchev–Trinajstić information content (AvgIpc) is 2.94. The third-order valence-corrected chi connectivity index (χ3v) is 3.70. The van der Waals surface area contributed by atoms with Gasteiger partial charge in [-0.2, -0.15) is 4.98 Å². The number of hydrogen-bond donors (Lipinski definition) is 0. The first-order valence-electron chi connectivity index (χ1n) is 6.88. The third-order valence-electron chi connectivity index (χ3n) is 3.70. The van der Waals surface area contributed by atoms with Crippen molar-refractivity contribution < 1.29 is 9.32 Å². The van der Waals surface area contributed by atoms with Crippen LogP contribution in [0.3, 0.4) is 0 Å². The molecule has 0 unspecified atom stereocenters. The maximum absolute atomic E-state index is 12.3. The van der Waals surface area contributed by atoms with Gasteiger partial charge in [0, 0.05) is 24.6 Å². The zero-order valence-electron chi connectivity index (χ0n) is 11.5. The number of carbonyl (C=O) groups is 1. The van der Waals surface area contributed by atoms with E-state index in [0.29, 0.717) is 11.7 Å². The molecule has 0 atom stereocenters. The lowest BCUT2D eigenvalue weighted by Gasteiger charge is -2.30. The van der Waals surface area contributed by atoms with Gasteiger partial charge < -0.3 is 9.42 Å². The number of piperidine rings is 1. The van der Waals surface area contributed by atoms with Crippen molar-refractivity contribution in [2.75, 3.05) is 13.1 Å². The summed E-state index contributed by atoms with van der Waals surface area (Å²) in [6.07, 6.45) is 1.75. The molecule has 2 heterocycles. The van der Waals surface area contributed by atoms with Crippen molar-refractivity contribution in [3.05, 3.63) is 47.6 Å². The normalized spacial score (nSPS) is 16.4. The van der Waals surface area contributed by atoms with E-state index in [1.807, 2.05) is 42.2 Å². The molecule has 1 aliphatic heterocycles. The number of aromatic nitrogens is 2. The molecule has 3 rings (SSSR count). The van der Waals surface area contributed by atoms with Crippen molar-refractivity contribution in [3.63, 3.8) is 0 Å². The molecule has 0 aliphatic carbocycles. The van der Waals surface area contributed by atoms with Crippen LogP contribution in [0.25, 0.3) is 0 Å². The fourth-order valence-electron chi connectivity index (χ4n) is 2.57. The molecule has 1 amide bonds. The summed E-state index contributed by atoms with van der Waals surface area (Å²) in [6.45, 7) is 3.29. The molecule has 0 radical (unpaired) electrons. The summed E-state index contributed by atoms with van der Waals surface area (Å²) >= 11 is 0. The van der Waals surface area contributed by atoms with E-state index in [0.717, 1.165) is 31.5 Å². The molecule has 1 saturated heterocycles. The molecule has 0 saturated carbocycles. The lowest BCUT2D eigenvalue weighted by molar-refractivity contribution is 0.0704.